The summed E-state index contributed by atoms with van der Waals surface area (Å²) in [5.41, 5.74) is -0.203. The van der Waals surface area contributed by atoms with Crippen molar-refractivity contribution in [1.82, 2.24) is 4.90 Å². The monoisotopic (exact) mass is 290 g/mol. The van der Waals surface area contributed by atoms with Crippen LogP contribution in [0.15, 0.2) is 5.16 Å². The number of carboxylic acids is 1. The van der Waals surface area contributed by atoms with E-state index >= 15 is 0 Å². The van der Waals surface area contributed by atoms with Crippen LogP contribution in [0.2, 0.25) is 0 Å². The molecule has 0 aromatic carbocycles. The second-order valence-electron chi connectivity index (χ2n) is 4.65. The van der Waals surface area contributed by atoms with Crippen molar-refractivity contribution in [3.05, 3.63) is 0 Å². The maximum Gasteiger partial charge on any atom is 0.353 e. The van der Waals surface area contributed by atoms with Crippen molar-refractivity contribution >= 4 is 27.4 Å². The molecule has 2 rings (SSSR count). The SMILES string of the molecule is CN(C(=O)C1CC(C(=O)O)=NO1)C1CCS(=O)(=O)C1. The van der Waals surface area contributed by atoms with E-state index in [1.54, 1.807) is 0 Å². The van der Waals surface area contributed by atoms with Gasteiger partial charge in [0.25, 0.3) is 5.91 Å². The second kappa shape index (κ2) is 4.80. The van der Waals surface area contributed by atoms with Gasteiger partial charge < -0.3 is 14.8 Å². The molecule has 2 aliphatic heterocycles. The van der Waals surface area contributed by atoms with Crippen LogP contribution in [-0.2, 0) is 24.3 Å². The molecule has 1 saturated heterocycles. The number of carbonyl (C=O) groups is 2. The molecule has 8 nitrogen and oxygen atoms in total. The van der Waals surface area contributed by atoms with Gasteiger partial charge in [0.2, 0.25) is 6.10 Å². The van der Waals surface area contributed by atoms with Crippen molar-refractivity contribution in [2.45, 2.75) is 25.0 Å². The van der Waals surface area contributed by atoms with Gasteiger partial charge in [-0.2, -0.15) is 0 Å². The van der Waals surface area contributed by atoms with Crippen LogP contribution in [0.25, 0.3) is 0 Å². The molecule has 2 heterocycles. The molecule has 0 aromatic rings. The third-order valence-corrected chi connectivity index (χ3v) is 5.05. The Labute approximate surface area is 109 Å². The van der Waals surface area contributed by atoms with Crippen LogP contribution in [0.1, 0.15) is 12.8 Å². The summed E-state index contributed by atoms with van der Waals surface area (Å²) in [7, 11) is -1.58. The van der Waals surface area contributed by atoms with E-state index in [0.717, 1.165) is 0 Å². The van der Waals surface area contributed by atoms with Crippen molar-refractivity contribution < 1.29 is 28.0 Å². The zero-order valence-electron chi connectivity index (χ0n) is 10.3. The fourth-order valence-corrected chi connectivity index (χ4v) is 3.90. The van der Waals surface area contributed by atoms with Crippen molar-refractivity contribution in [3.63, 3.8) is 0 Å². The highest BCUT2D eigenvalue weighted by atomic mass is 32.2. The van der Waals surface area contributed by atoms with Crippen LogP contribution < -0.4 is 0 Å². The highest BCUT2D eigenvalue weighted by Crippen LogP contribution is 2.20. The van der Waals surface area contributed by atoms with E-state index in [2.05, 4.69) is 5.16 Å². The van der Waals surface area contributed by atoms with Crippen LogP contribution in [0.3, 0.4) is 0 Å². The quantitative estimate of drug-likeness (QED) is 0.703. The number of hydrogen-bond acceptors (Lipinski definition) is 6. The van der Waals surface area contributed by atoms with Gasteiger partial charge in [-0.1, -0.05) is 5.16 Å². The normalized spacial score (nSPS) is 28.6. The largest absolute Gasteiger partial charge is 0.477 e. The minimum Gasteiger partial charge on any atom is -0.477 e. The summed E-state index contributed by atoms with van der Waals surface area (Å²) in [6.07, 6.45) is -0.679. The Morgan fingerprint density at radius 3 is 2.63 bits per heavy atom. The van der Waals surface area contributed by atoms with E-state index in [-0.39, 0.29) is 29.7 Å². The van der Waals surface area contributed by atoms with E-state index in [4.69, 9.17) is 9.94 Å². The van der Waals surface area contributed by atoms with Gasteiger partial charge in [-0.3, -0.25) is 4.79 Å². The summed E-state index contributed by atoms with van der Waals surface area (Å²) in [5.74, 6) is -1.66. The molecule has 2 aliphatic rings. The van der Waals surface area contributed by atoms with Gasteiger partial charge >= 0.3 is 5.97 Å². The van der Waals surface area contributed by atoms with E-state index in [0.29, 0.717) is 6.42 Å². The first-order valence-corrected chi connectivity index (χ1v) is 7.55. The molecule has 0 spiro atoms. The summed E-state index contributed by atoms with van der Waals surface area (Å²) >= 11 is 0. The summed E-state index contributed by atoms with van der Waals surface area (Å²) in [6, 6.07) is -0.380. The minimum atomic E-state index is -3.08. The summed E-state index contributed by atoms with van der Waals surface area (Å²) in [4.78, 5) is 28.8. The Balaban J connectivity index is 1.96. The number of amides is 1. The third kappa shape index (κ3) is 2.86. The van der Waals surface area contributed by atoms with Crippen molar-refractivity contribution in [2.75, 3.05) is 18.6 Å². The van der Waals surface area contributed by atoms with E-state index in [9.17, 15) is 18.0 Å². The molecule has 1 fully saturated rings. The highest BCUT2D eigenvalue weighted by Gasteiger charge is 2.38. The van der Waals surface area contributed by atoms with Gasteiger partial charge in [0.15, 0.2) is 15.5 Å². The smallest absolute Gasteiger partial charge is 0.353 e. The molecule has 9 heteroatoms. The van der Waals surface area contributed by atoms with Gasteiger partial charge in [0, 0.05) is 19.5 Å². The van der Waals surface area contributed by atoms with E-state index in [1.807, 2.05) is 0 Å². The molecule has 0 saturated carbocycles. The zero-order chi connectivity index (χ0) is 14.2. The fourth-order valence-electron chi connectivity index (χ4n) is 2.12. The van der Waals surface area contributed by atoms with Gasteiger partial charge in [-0.25, -0.2) is 13.2 Å². The lowest BCUT2D eigenvalue weighted by atomic mass is 10.1. The standard InChI is InChI=1S/C10H14N2O6S/c1-12(6-2-3-19(16,17)5-6)9(13)8-4-7(10(14)15)11-18-8/h6,8H,2-5H2,1H3,(H,14,15). The Morgan fingerprint density at radius 2 is 2.16 bits per heavy atom. The summed E-state index contributed by atoms with van der Waals surface area (Å²) in [6.45, 7) is 0. The van der Waals surface area contributed by atoms with Crippen molar-refractivity contribution in [2.24, 2.45) is 5.16 Å². The van der Waals surface area contributed by atoms with Crippen molar-refractivity contribution in [1.29, 1.82) is 0 Å². The fraction of sp³-hybridized carbons (Fsp3) is 0.700. The molecule has 1 N–H and O–H groups in total. The maximum atomic E-state index is 12.1. The Bertz CT molecular complexity index is 540. The number of sulfone groups is 1. The second-order valence-corrected chi connectivity index (χ2v) is 6.88. The maximum absolute atomic E-state index is 12.1. The average molecular weight is 290 g/mol. The Morgan fingerprint density at radius 1 is 1.47 bits per heavy atom. The lowest BCUT2D eigenvalue weighted by molar-refractivity contribution is -0.142. The van der Waals surface area contributed by atoms with E-state index in [1.165, 1.54) is 11.9 Å². The molecule has 1 amide bonds. The first-order chi connectivity index (χ1) is 8.80. The van der Waals surface area contributed by atoms with Crippen LogP contribution in [0.5, 0.6) is 0 Å². The minimum absolute atomic E-state index is 0.0609. The first-order valence-electron chi connectivity index (χ1n) is 5.73. The molecule has 2 unspecified atom stereocenters. The predicted octanol–water partition coefficient (Wildman–Crippen LogP) is -1.14. The van der Waals surface area contributed by atoms with Crippen molar-refractivity contribution in [3.8, 4) is 0 Å². The number of likely N-dealkylation sites (N-methyl/N-ethyl adjacent to an activating group) is 1. The topological polar surface area (TPSA) is 113 Å². The van der Waals surface area contributed by atoms with Gasteiger partial charge in [0.1, 0.15) is 0 Å². The summed E-state index contributed by atoms with van der Waals surface area (Å²) in [5, 5.41) is 12.0. The molecular weight excluding hydrogens is 276 g/mol. The number of carbonyl (C=O) groups excluding carboxylic acids is 1. The number of carboxylic acid groups (broad SMARTS) is 1. The third-order valence-electron chi connectivity index (χ3n) is 3.29. The van der Waals surface area contributed by atoms with Crippen LogP contribution in [0, 0.1) is 0 Å². The number of oxime groups is 1. The van der Waals surface area contributed by atoms with Crippen LogP contribution in [0.4, 0.5) is 0 Å². The van der Waals surface area contributed by atoms with Crippen LogP contribution in [-0.4, -0.2) is 66.7 Å². The lowest BCUT2D eigenvalue weighted by Gasteiger charge is -2.25. The molecule has 0 aromatic heterocycles. The number of hydrogen-bond donors (Lipinski definition) is 1. The van der Waals surface area contributed by atoms with Gasteiger partial charge in [-0.15, -0.1) is 0 Å². The molecule has 2 atom stereocenters. The Hall–Kier alpha value is -1.64. The molecule has 0 radical (unpaired) electrons. The molecule has 19 heavy (non-hydrogen) atoms. The molecular formula is C10H14N2O6S. The number of aliphatic carboxylic acids is 1. The number of nitrogens with zero attached hydrogens (tertiary/aromatic N) is 2. The molecule has 0 bridgehead atoms. The Kier molecular flexibility index (Phi) is 3.48. The van der Waals surface area contributed by atoms with E-state index < -0.39 is 27.8 Å². The van der Waals surface area contributed by atoms with Gasteiger partial charge in [-0.05, 0) is 6.42 Å². The molecule has 0 aliphatic carbocycles. The zero-order valence-corrected chi connectivity index (χ0v) is 11.1. The molecule has 106 valence electrons. The van der Waals surface area contributed by atoms with Crippen LogP contribution >= 0.6 is 0 Å². The average Bonchev–Trinajstić information content (AvgIpc) is 2.93. The first kappa shape index (κ1) is 13.8. The summed E-state index contributed by atoms with van der Waals surface area (Å²) < 4.78 is 22.7. The highest BCUT2D eigenvalue weighted by molar-refractivity contribution is 7.91. The lowest BCUT2D eigenvalue weighted by Crippen LogP contribution is -2.43. The predicted molar refractivity (Wildman–Crippen MR) is 64.4 cm³/mol. The number of rotatable bonds is 3. The van der Waals surface area contributed by atoms with Gasteiger partial charge in [0.05, 0.1) is 11.5 Å².